The zero-order chi connectivity index (χ0) is 24.8. The smallest absolute Gasteiger partial charge is 0.323 e. The predicted molar refractivity (Wildman–Crippen MR) is 143 cm³/mol. The van der Waals surface area contributed by atoms with Crippen LogP contribution in [0.2, 0.25) is 5.02 Å². The fourth-order valence-electron chi connectivity index (χ4n) is 3.91. The van der Waals surface area contributed by atoms with Gasteiger partial charge in [0.25, 0.3) is 0 Å². The molecular formula is C26H29ClN6O2. The van der Waals surface area contributed by atoms with E-state index in [2.05, 4.69) is 39.6 Å². The summed E-state index contributed by atoms with van der Waals surface area (Å²) in [6.45, 7) is 7.67. The van der Waals surface area contributed by atoms with Gasteiger partial charge in [-0.05, 0) is 66.7 Å². The van der Waals surface area contributed by atoms with Crippen LogP contribution in [0.5, 0.6) is 5.75 Å². The molecule has 3 aromatic carbocycles. The van der Waals surface area contributed by atoms with Gasteiger partial charge in [0.15, 0.2) is 5.82 Å². The zero-order valence-corrected chi connectivity index (χ0v) is 20.5. The van der Waals surface area contributed by atoms with Crippen molar-refractivity contribution in [3.8, 4) is 16.9 Å². The molecule has 1 aromatic heterocycles. The van der Waals surface area contributed by atoms with E-state index in [1.54, 1.807) is 24.3 Å². The van der Waals surface area contributed by atoms with Crippen LogP contribution in [-0.4, -0.2) is 47.4 Å². The molecule has 8 nitrogen and oxygen atoms in total. The van der Waals surface area contributed by atoms with E-state index in [-0.39, 0.29) is 6.03 Å². The maximum Gasteiger partial charge on any atom is 0.323 e. The van der Waals surface area contributed by atoms with Gasteiger partial charge in [0, 0.05) is 22.9 Å². The van der Waals surface area contributed by atoms with E-state index < -0.39 is 0 Å². The first-order valence-electron chi connectivity index (χ1n) is 11.5. The van der Waals surface area contributed by atoms with Crippen molar-refractivity contribution in [2.24, 2.45) is 0 Å². The second-order valence-electron chi connectivity index (χ2n) is 8.01. The Morgan fingerprint density at radius 2 is 1.80 bits per heavy atom. The summed E-state index contributed by atoms with van der Waals surface area (Å²) in [5.41, 5.74) is 10.1. The Kier molecular flexibility index (Phi) is 7.74. The fourth-order valence-corrected chi connectivity index (χ4v) is 4.10. The average Bonchev–Trinajstić information content (AvgIpc) is 3.24. The van der Waals surface area contributed by atoms with Crippen molar-refractivity contribution in [2.45, 2.75) is 13.8 Å². The number of H-pyrrole nitrogens is 1. The number of benzene rings is 3. The highest BCUT2D eigenvalue weighted by atomic mass is 35.5. The van der Waals surface area contributed by atoms with Crippen molar-refractivity contribution in [3.05, 3.63) is 65.7 Å². The molecule has 4 rings (SSSR count). The number of hydrogen-bond acceptors (Lipinski definition) is 5. The van der Waals surface area contributed by atoms with Crippen LogP contribution in [0, 0.1) is 0 Å². The minimum atomic E-state index is -0.354. The molecule has 4 aromatic rings. The Morgan fingerprint density at radius 1 is 1.06 bits per heavy atom. The molecule has 0 saturated carbocycles. The molecule has 0 bridgehead atoms. The molecule has 2 amide bonds. The first-order valence-corrected chi connectivity index (χ1v) is 11.9. The molecule has 9 heteroatoms. The van der Waals surface area contributed by atoms with Crippen molar-refractivity contribution in [2.75, 3.05) is 42.6 Å². The quantitative estimate of drug-likeness (QED) is 0.235. The van der Waals surface area contributed by atoms with Crippen LogP contribution in [0.25, 0.3) is 22.0 Å². The number of nitrogen functional groups attached to an aromatic ring is 1. The average molecular weight is 493 g/mol. The molecule has 35 heavy (non-hydrogen) atoms. The Balaban J connectivity index is 1.48. The SMILES string of the molecule is CCN(CC)CCOc1ccc(-c2ccc(NC(=O)Nc3cccc(Cl)c3)cc2)c2c(N)n[nH]c12. The number of nitrogens with two attached hydrogens (primary N) is 1. The first-order chi connectivity index (χ1) is 17.0. The van der Waals surface area contributed by atoms with Gasteiger partial charge in [-0.25, -0.2) is 4.79 Å². The highest BCUT2D eigenvalue weighted by molar-refractivity contribution is 6.30. The van der Waals surface area contributed by atoms with Crippen LogP contribution in [0.1, 0.15) is 13.8 Å². The van der Waals surface area contributed by atoms with Gasteiger partial charge in [0.05, 0.1) is 5.39 Å². The number of aromatic amines is 1. The maximum absolute atomic E-state index is 12.3. The number of anilines is 3. The van der Waals surface area contributed by atoms with E-state index >= 15 is 0 Å². The lowest BCUT2D eigenvalue weighted by atomic mass is 10.0. The molecule has 0 fully saturated rings. The highest BCUT2D eigenvalue weighted by Crippen LogP contribution is 2.36. The molecule has 1 heterocycles. The summed E-state index contributed by atoms with van der Waals surface area (Å²) in [7, 11) is 0. The Hall–Kier alpha value is -3.75. The van der Waals surface area contributed by atoms with Gasteiger partial charge in [-0.1, -0.05) is 43.6 Å². The number of fused-ring (bicyclic) bond motifs is 1. The summed E-state index contributed by atoms with van der Waals surface area (Å²) in [5.74, 6) is 1.13. The van der Waals surface area contributed by atoms with E-state index in [1.807, 2.05) is 36.4 Å². The van der Waals surface area contributed by atoms with Crippen molar-refractivity contribution in [3.63, 3.8) is 0 Å². The van der Waals surface area contributed by atoms with Gasteiger partial charge in [-0.2, -0.15) is 5.10 Å². The summed E-state index contributed by atoms with van der Waals surface area (Å²) in [4.78, 5) is 14.6. The number of carbonyl (C=O) groups excluding carboxylic acids is 1. The standard InChI is InChI=1S/C26H29ClN6O2/c1-3-33(4-2)14-15-35-22-13-12-21(23-24(22)31-32-25(23)28)17-8-10-19(11-9-17)29-26(34)30-20-7-5-6-18(27)16-20/h5-13,16H,3-4,14-15H2,1-2H3,(H3,28,31,32)(H2,29,30,34). The fraction of sp³-hybridized carbons (Fsp3) is 0.231. The van der Waals surface area contributed by atoms with Crippen molar-refractivity contribution < 1.29 is 9.53 Å². The topological polar surface area (TPSA) is 108 Å². The zero-order valence-electron chi connectivity index (χ0n) is 19.8. The molecule has 0 saturated heterocycles. The summed E-state index contributed by atoms with van der Waals surface area (Å²) >= 11 is 5.97. The largest absolute Gasteiger partial charge is 0.490 e. The lowest BCUT2D eigenvalue weighted by Gasteiger charge is -2.18. The number of rotatable bonds is 9. The maximum atomic E-state index is 12.3. The van der Waals surface area contributed by atoms with Crippen molar-refractivity contribution >= 4 is 45.7 Å². The van der Waals surface area contributed by atoms with E-state index in [1.165, 1.54) is 0 Å². The third-order valence-electron chi connectivity index (χ3n) is 5.81. The van der Waals surface area contributed by atoms with Gasteiger partial charge in [0.1, 0.15) is 17.9 Å². The Morgan fingerprint density at radius 3 is 2.51 bits per heavy atom. The van der Waals surface area contributed by atoms with E-state index in [4.69, 9.17) is 22.1 Å². The molecule has 0 aliphatic carbocycles. The van der Waals surface area contributed by atoms with E-state index in [9.17, 15) is 4.79 Å². The van der Waals surface area contributed by atoms with Crippen LogP contribution < -0.4 is 21.1 Å². The van der Waals surface area contributed by atoms with Crippen LogP contribution in [0.4, 0.5) is 22.0 Å². The molecule has 0 unspecified atom stereocenters. The minimum absolute atomic E-state index is 0.354. The number of amides is 2. The summed E-state index contributed by atoms with van der Waals surface area (Å²) in [6, 6.07) is 18.1. The van der Waals surface area contributed by atoms with Crippen molar-refractivity contribution in [1.82, 2.24) is 15.1 Å². The third-order valence-corrected chi connectivity index (χ3v) is 6.04. The number of urea groups is 1. The minimum Gasteiger partial charge on any atom is -0.490 e. The number of carbonyl (C=O) groups is 1. The van der Waals surface area contributed by atoms with Gasteiger partial charge < -0.3 is 26.0 Å². The van der Waals surface area contributed by atoms with Crippen LogP contribution >= 0.6 is 11.6 Å². The summed E-state index contributed by atoms with van der Waals surface area (Å²) in [6.07, 6.45) is 0. The molecule has 0 aliphatic rings. The lowest BCUT2D eigenvalue weighted by molar-refractivity contribution is 0.224. The van der Waals surface area contributed by atoms with Crippen molar-refractivity contribution in [1.29, 1.82) is 0 Å². The summed E-state index contributed by atoms with van der Waals surface area (Å²) < 4.78 is 6.05. The van der Waals surface area contributed by atoms with E-state index in [0.717, 1.165) is 47.4 Å². The molecule has 5 N–H and O–H groups in total. The molecule has 182 valence electrons. The second kappa shape index (κ2) is 11.1. The van der Waals surface area contributed by atoms with Gasteiger partial charge in [-0.3, -0.25) is 5.10 Å². The van der Waals surface area contributed by atoms with Gasteiger partial charge >= 0.3 is 6.03 Å². The predicted octanol–water partition coefficient (Wildman–Crippen LogP) is 5.83. The second-order valence-corrected chi connectivity index (χ2v) is 8.45. The van der Waals surface area contributed by atoms with Gasteiger partial charge in [-0.15, -0.1) is 0 Å². The molecule has 0 radical (unpaired) electrons. The molecule has 0 atom stereocenters. The third kappa shape index (κ3) is 5.85. The number of aromatic nitrogens is 2. The van der Waals surface area contributed by atoms with Crippen LogP contribution in [-0.2, 0) is 0 Å². The van der Waals surface area contributed by atoms with E-state index in [0.29, 0.717) is 28.8 Å². The number of halogens is 1. The lowest BCUT2D eigenvalue weighted by Crippen LogP contribution is -2.27. The molecule has 0 aliphatic heterocycles. The number of nitrogens with zero attached hydrogens (tertiary/aromatic N) is 2. The normalized spacial score (nSPS) is 11.1. The Labute approximate surface area is 209 Å². The molecular weight excluding hydrogens is 464 g/mol. The van der Waals surface area contributed by atoms with Gasteiger partial charge in [0.2, 0.25) is 0 Å². The number of hydrogen-bond donors (Lipinski definition) is 4. The Bertz CT molecular complexity index is 1300. The number of ether oxygens (including phenoxy) is 1. The van der Waals surface area contributed by atoms with Crippen LogP contribution in [0.15, 0.2) is 60.7 Å². The number of likely N-dealkylation sites (N-methyl/N-ethyl adjacent to an activating group) is 1. The molecule has 0 spiro atoms. The van der Waals surface area contributed by atoms with Crippen LogP contribution in [0.3, 0.4) is 0 Å². The summed E-state index contributed by atoms with van der Waals surface area (Å²) in [5, 5.41) is 14.2. The highest BCUT2D eigenvalue weighted by Gasteiger charge is 2.15. The number of nitrogens with one attached hydrogen (secondary N) is 3. The first kappa shape index (κ1) is 24.4. The monoisotopic (exact) mass is 492 g/mol.